The van der Waals surface area contributed by atoms with Crippen LogP contribution in [0.3, 0.4) is 0 Å². The molecule has 1 aromatic carbocycles. The number of ether oxygens (including phenoxy) is 1. The number of esters is 1. The van der Waals surface area contributed by atoms with E-state index in [4.69, 9.17) is 9.26 Å². The van der Waals surface area contributed by atoms with Crippen LogP contribution < -0.4 is 0 Å². The molecule has 1 fully saturated rings. The number of aromatic nitrogens is 2. The predicted molar refractivity (Wildman–Crippen MR) is 106 cm³/mol. The zero-order chi connectivity index (χ0) is 20.2. The maximum atomic E-state index is 12.0. The van der Waals surface area contributed by atoms with E-state index >= 15 is 0 Å². The average Bonchev–Trinajstić information content (AvgIpc) is 3.28. The van der Waals surface area contributed by atoms with E-state index in [1.807, 2.05) is 34.6 Å². The number of hydrogen-bond acceptors (Lipinski definition) is 5. The third-order valence-corrected chi connectivity index (χ3v) is 4.30. The minimum Gasteiger partial charge on any atom is -0.457 e. The van der Waals surface area contributed by atoms with Crippen molar-refractivity contribution in [3.63, 3.8) is 0 Å². The zero-order valence-electron chi connectivity index (χ0n) is 17.3. The van der Waals surface area contributed by atoms with Crippen LogP contribution in [0.25, 0.3) is 0 Å². The summed E-state index contributed by atoms with van der Waals surface area (Å²) in [6.45, 7) is 15.3. The highest BCUT2D eigenvalue weighted by Gasteiger charge is 2.50. The van der Waals surface area contributed by atoms with Crippen LogP contribution in [-0.4, -0.2) is 21.7 Å². The molecule has 1 aliphatic rings. The summed E-state index contributed by atoms with van der Waals surface area (Å²) in [6, 6.07) is 8.44. The van der Waals surface area contributed by atoms with Gasteiger partial charge in [0.1, 0.15) is 5.60 Å². The first-order chi connectivity index (χ1) is 12.7. The molecule has 0 unspecified atom stereocenters. The number of nitrogens with zero attached hydrogens (tertiary/aromatic N) is 2. The molecule has 1 aliphatic carbocycles. The summed E-state index contributed by atoms with van der Waals surface area (Å²) in [5.41, 5.74) is 2.04. The minimum atomic E-state index is -0.552. The van der Waals surface area contributed by atoms with Crippen molar-refractivity contribution in [3.8, 4) is 0 Å². The predicted octanol–water partition coefficient (Wildman–Crippen LogP) is 4.92. The van der Waals surface area contributed by atoms with Crippen LogP contribution in [0.4, 0.5) is 0 Å². The van der Waals surface area contributed by atoms with Gasteiger partial charge in [0.05, 0.1) is 11.8 Å². The van der Waals surface area contributed by atoms with Crippen molar-refractivity contribution in [1.82, 2.24) is 10.1 Å². The number of carbonyl (C=O) groups excluding carboxylic acids is 1. The lowest BCUT2D eigenvalue weighted by atomic mass is 9.94. The first kappa shape index (κ1) is 20.9. The van der Waals surface area contributed by atoms with E-state index in [0.717, 1.165) is 12.8 Å². The van der Waals surface area contributed by atoms with Gasteiger partial charge >= 0.3 is 5.97 Å². The normalized spacial score (nSPS) is 14.7. The molecule has 0 spiro atoms. The second-order valence-corrected chi connectivity index (χ2v) is 7.74. The standard InChI is InChI=1S/C20H24N2O3.C2H6/c1-13-6-8-15(9-7-13)20(10-11-20)18-21-16(25-22-18)12-14(2)17(23)24-19(3,4)5;1-2/h6-9H,2,10-12H2,1,3-5H3;1-2H3. The van der Waals surface area contributed by atoms with Gasteiger partial charge in [-0.05, 0) is 46.1 Å². The second kappa shape index (κ2) is 8.07. The maximum absolute atomic E-state index is 12.0. The van der Waals surface area contributed by atoms with Gasteiger partial charge in [-0.1, -0.05) is 55.4 Å². The summed E-state index contributed by atoms with van der Waals surface area (Å²) in [4.78, 5) is 16.5. The van der Waals surface area contributed by atoms with Crippen LogP contribution in [-0.2, 0) is 21.4 Å². The third kappa shape index (κ3) is 5.06. The van der Waals surface area contributed by atoms with Crippen molar-refractivity contribution in [1.29, 1.82) is 0 Å². The van der Waals surface area contributed by atoms with Gasteiger partial charge in [0.15, 0.2) is 5.82 Å². The molecule has 5 nitrogen and oxygen atoms in total. The van der Waals surface area contributed by atoms with Crippen LogP contribution in [0.1, 0.15) is 70.3 Å². The van der Waals surface area contributed by atoms with E-state index in [2.05, 4.69) is 47.9 Å². The average molecular weight is 370 g/mol. The molecule has 1 aromatic heterocycles. The van der Waals surface area contributed by atoms with Gasteiger partial charge in [-0.25, -0.2) is 4.79 Å². The molecule has 0 radical (unpaired) electrons. The molecule has 3 rings (SSSR count). The van der Waals surface area contributed by atoms with E-state index < -0.39 is 11.6 Å². The fourth-order valence-corrected chi connectivity index (χ4v) is 2.77. The Morgan fingerprint density at radius 1 is 1.22 bits per heavy atom. The highest BCUT2D eigenvalue weighted by atomic mass is 16.6. The molecule has 0 bridgehead atoms. The van der Waals surface area contributed by atoms with Crippen LogP contribution in [0, 0.1) is 6.92 Å². The van der Waals surface area contributed by atoms with E-state index in [9.17, 15) is 4.79 Å². The lowest BCUT2D eigenvalue weighted by Crippen LogP contribution is -2.25. The molecule has 5 heteroatoms. The summed E-state index contributed by atoms with van der Waals surface area (Å²) in [5, 5.41) is 4.16. The first-order valence-corrected chi connectivity index (χ1v) is 9.51. The van der Waals surface area contributed by atoms with Crippen molar-refractivity contribution < 1.29 is 14.1 Å². The molecule has 2 aromatic rings. The molecule has 27 heavy (non-hydrogen) atoms. The van der Waals surface area contributed by atoms with Crippen molar-refractivity contribution in [2.45, 2.75) is 71.8 Å². The molecule has 0 N–H and O–H groups in total. The monoisotopic (exact) mass is 370 g/mol. The Bertz CT molecular complexity index is 794. The van der Waals surface area contributed by atoms with Gasteiger partial charge in [0.25, 0.3) is 0 Å². The fraction of sp³-hybridized carbons (Fsp3) is 0.500. The highest BCUT2D eigenvalue weighted by Crippen LogP contribution is 2.52. The Kier molecular flexibility index (Phi) is 6.24. The Labute approximate surface area is 161 Å². The van der Waals surface area contributed by atoms with Crippen molar-refractivity contribution in [2.24, 2.45) is 0 Å². The van der Waals surface area contributed by atoms with Gasteiger partial charge < -0.3 is 9.26 Å². The van der Waals surface area contributed by atoms with E-state index in [1.54, 1.807) is 0 Å². The smallest absolute Gasteiger partial charge is 0.334 e. The second-order valence-electron chi connectivity index (χ2n) is 7.74. The first-order valence-electron chi connectivity index (χ1n) is 9.51. The molecule has 1 saturated carbocycles. The van der Waals surface area contributed by atoms with E-state index in [0.29, 0.717) is 17.3 Å². The Morgan fingerprint density at radius 2 is 1.81 bits per heavy atom. The van der Waals surface area contributed by atoms with E-state index in [1.165, 1.54) is 11.1 Å². The molecule has 0 aliphatic heterocycles. The van der Waals surface area contributed by atoms with Gasteiger partial charge in [-0.2, -0.15) is 4.98 Å². The fourth-order valence-electron chi connectivity index (χ4n) is 2.77. The Morgan fingerprint density at radius 3 is 2.33 bits per heavy atom. The van der Waals surface area contributed by atoms with Gasteiger partial charge in [-0.15, -0.1) is 0 Å². The topological polar surface area (TPSA) is 65.2 Å². The van der Waals surface area contributed by atoms with Crippen LogP contribution in [0.5, 0.6) is 0 Å². The minimum absolute atomic E-state index is 0.150. The highest BCUT2D eigenvalue weighted by molar-refractivity contribution is 5.88. The van der Waals surface area contributed by atoms with E-state index in [-0.39, 0.29) is 11.8 Å². The molecule has 0 atom stereocenters. The summed E-state index contributed by atoms with van der Waals surface area (Å²) < 4.78 is 10.7. The van der Waals surface area contributed by atoms with Gasteiger partial charge in [0.2, 0.25) is 5.89 Å². The summed E-state index contributed by atoms with van der Waals surface area (Å²) >= 11 is 0. The lowest BCUT2D eigenvalue weighted by Gasteiger charge is -2.19. The number of carbonyl (C=O) groups is 1. The Hall–Kier alpha value is -2.43. The van der Waals surface area contributed by atoms with Crippen LogP contribution >= 0.6 is 0 Å². The van der Waals surface area contributed by atoms with Crippen molar-refractivity contribution >= 4 is 5.97 Å². The molecule has 0 saturated heterocycles. The Balaban J connectivity index is 0.00000126. The molecular formula is C22H30N2O3. The van der Waals surface area contributed by atoms with Gasteiger partial charge in [-0.3, -0.25) is 0 Å². The van der Waals surface area contributed by atoms with Crippen molar-refractivity contribution in [3.05, 3.63) is 59.3 Å². The zero-order valence-corrected chi connectivity index (χ0v) is 17.3. The maximum Gasteiger partial charge on any atom is 0.334 e. The molecule has 146 valence electrons. The summed E-state index contributed by atoms with van der Waals surface area (Å²) in [6.07, 6.45) is 2.20. The lowest BCUT2D eigenvalue weighted by molar-refractivity contribution is -0.150. The summed E-state index contributed by atoms with van der Waals surface area (Å²) in [5.74, 6) is 0.638. The number of benzene rings is 1. The SMILES string of the molecule is C=C(Cc1nc(C2(c3ccc(C)cc3)CC2)no1)C(=O)OC(C)(C)C.CC. The number of aryl methyl sites for hydroxylation is 1. The quantitative estimate of drug-likeness (QED) is 0.552. The third-order valence-electron chi connectivity index (χ3n) is 4.30. The van der Waals surface area contributed by atoms with Crippen molar-refractivity contribution in [2.75, 3.05) is 0 Å². The largest absolute Gasteiger partial charge is 0.457 e. The van der Waals surface area contributed by atoms with Crippen LogP contribution in [0.2, 0.25) is 0 Å². The number of rotatable bonds is 5. The molecule has 1 heterocycles. The molecule has 0 amide bonds. The molecular weight excluding hydrogens is 340 g/mol. The number of hydrogen-bond donors (Lipinski definition) is 0. The van der Waals surface area contributed by atoms with Gasteiger partial charge in [0, 0.05) is 5.57 Å². The van der Waals surface area contributed by atoms with Crippen LogP contribution in [0.15, 0.2) is 40.9 Å². The summed E-state index contributed by atoms with van der Waals surface area (Å²) in [7, 11) is 0.